The average Bonchev–Trinajstić information content (AvgIpc) is 3.28. The number of sulfonamides is 1. The maximum absolute atomic E-state index is 13.7. The predicted molar refractivity (Wildman–Crippen MR) is 134 cm³/mol. The molecule has 0 fully saturated rings. The number of carbonyl (C=O) groups excluding carboxylic acids is 2. The first kappa shape index (κ1) is 26.3. The number of hydrogen-bond donors (Lipinski definition) is 1. The van der Waals surface area contributed by atoms with Crippen molar-refractivity contribution in [1.82, 2.24) is 10.2 Å². The smallest absolute Gasteiger partial charge is 0.244 e. The molecular weight excluding hydrogens is 470 g/mol. The van der Waals surface area contributed by atoms with Crippen molar-refractivity contribution in [2.75, 3.05) is 30.4 Å². The Hall–Kier alpha value is -3.27. The molecule has 3 rings (SSSR count). The van der Waals surface area contributed by atoms with E-state index in [1.165, 1.54) is 11.0 Å². The fourth-order valence-electron chi connectivity index (χ4n) is 3.95. The van der Waals surface area contributed by atoms with Crippen molar-refractivity contribution in [3.05, 3.63) is 53.6 Å². The Morgan fingerprint density at radius 1 is 1.09 bits per heavy atom. The van der Waals surface area contributed by atoms with Crippen LogP contribution in [0, 0.1) is 6.92 Å². The van der Waals surface area contributed by atoms with Gasteiger partial charge in [-0.15, -0.1) is 0 Å². The summed E-state index contributed by atoms with van der Waals surface area (Å²) in [7, 11) is -3.82. The second-order valence-corrected chi connectivity index (χ2v) is 10.4. The van der Waals surface area contributed by atoms with Gasteiger partial charge in [0.1, 0.15) is 12.6 Å². The Morgan fingerprint density at radius 3 is 2.49 bits per heavy atom. The Morgan fingerprint density at radius 2 is 1.83 bits per heavy atom. The summed E-state index contributed by atoms with van der Waals surface area (Å²) in [6.45, 7) is 6.00. The van der Waals surface area contributed by atoms with Crippen LogP contribution in [0.3, 0.4) is 0 Å². The average molecular weight is 504 g/mol. The highest BCUT2D eigenvalue weighted by Gasteiger charge is 2.32. The molecule has 190 valence electrons. The number of rotatable bonds is 11. The molecule has 0 spiro atoms. The largest absolute Gasteiger partial charge is 0.454 e. The number of amides is 2. The van der Waals surface area contributed by atoms with Crippen molar-refractivity contribution in [2.45, 2.75) is 46.2 Å². The molecule has 35 heavy (non-hydrogen) atoms. The fourth-order valence-corrected chi connectivity index (χ4v) is 4.79. The minimum atomic E-state index is -3.82. The van der Waals surface area contributed by atoms with Gasteiger partial charge in [0, 0.05) is 19.2 Å². The molecule has 0 radical (unpaired) electrons. The van der Waals surface area contributed by atoms with Gasteiger partial charge in [0.25, 0.3) is 0 Å². The van der Waals surface area contributed by atoms with Crippen LogP contribution < -0.4 is 19.1 Å². The van der Waals surface area contributed by atoms with E-state index in [0.29, 0.717) is 24.5 Å². The van der Waals surface area contributed by atoms with Gasteiger partial charge in [0.15, 0.2) is 11.5 Å². The van der Waals surface area contributed by atoms with Gasteiger partial charge in [0.05, 0.1) is 11.9 Å². The second-order valence-electron chi connectivity index (χ2n) is 8.53. The summed E-state index contributed by atoms with van der Waals surface area (Å²) in [6, 6.07) is 11.6. The zero-order chi connectivity index (χ0) is 25.6. The SMILES string of the molecule is CCCNC(=O)C(CC)N(Cc1cccc(C)c1)C(=O)CN(c1ccc2c(c1)OCO2)S(C)(=O)=O. The molecule has 2 aromatic carbocycles. The van der Waals surface area contributed by atoms with Crippen LogP contribution in [-0.2, 0) is 26.2 Å². The third-order valence-corrected chi connectivity index (χ3v) is 6.83. The van der Waals surface area contributed by atoms with Crippen molar-refractivity contribution in [3.63, 3.8) is 0 Å². The molecule has 0 aliphatic carbocycles. The van der Waals surface area contributed by atoms with Gasteiger partial charge in [-0.25, -0.2) is 8.42 Å². The number of nitrogens with one attached hydrogen (secondary N) is 1. The summed E-state index contributed by atoms with van der Waals surface area (Å²) in [5, 5.41) is 2.86. The molecule has 1 atom stereocenters. The van der Waals surface area contributed by atoms with Crippen molar-refractivity contribution in [2.24, 2.45) is 0 Å². The van der Waals surface area contributed by atoms with Gasteiger partial charge in [-0.2, -0.15) is 0 Å². The van der Waals surface area contributed by atoms with E-state index in [9.17, 15) is 18.0 Å². The van der Waals surface area contributed by atoms with Crippen LogP contribution in [0.1, 0.15) is 37.8 Å². The lowest BCUT2D eigenvalue weighted by molar-refractivity contribution is -0.140. The van der Waals surface area contributed by atoms with Crippen molar-refractivity contribution >= 4 is 27.5 Å². The first-order valence-electron chi connectivity index (χ1n) is 11.6. The van der Waals surface area contributed by atoms with E-state index >= 15 is 0 Å². The molecule has 10 heteroatoms. The van der Waals surface area contributed by atoms with E-state index in [2.05, 4.69) is 5.32 Å². The molecule has 0 saturated carbocycles. The number of ether oxygens (including phenoxy) is 2. The van der Waals surface area contributed by atoms with Crippen LogP contribution in [0.15, 0.2) is 42.5 Å². The number of anilines is 1. The topological polar surface area (TPSA) is 105 Å². The van der Waals surface area contributed by atoms with Crippen LogP contribution in [0.25, 0.3) is 0 Å². The summed E-state index contributed by atoms with van der Waals surface area (Å²) >= 11 is 0. The summed E-state index contributed by atoms with van der Waals surface area (Å²) in [5.74, 6) is 0.177. The number of benzene rings is 2. The third kappa shape index (κ3) is 6.66. The quantitative estimate of drug-likeness (QED) is 0.506. The van der Waals surface area contributed by atoms with E-state index in [1.54, 1.807) is 12.1 Å². The van der Waals surface area contributed by atoms with Gasteiger partial charge in [-0.05, 0) is 37.5 Å². The number of nitrogens with zero attached hydrogens (tertiary/aromatic N) is 2. The molecule has 1 unspecified atom stereocenters. The molecule has 1 aliphatic heterocycles. The van der Waals surface area contributed by atoms with Crippen molar-refractivity contribution in [1.29, 1.82) is 0 Å². The van der Waals surface area contributed by atoms with E-state index in [4.69, 9.17) is 9.47 Å². The lowest BCUT2D eigenvalue weighted by atomic mass is 10.1. The monoisotopic (exact) mass is 503 g/mol. The van der Waals surface area contributed by atoms with Gasteiger partial charge in [-0.1, -0.05) is 43.7 Å². The molecule has 1 aliphatic rings. The van der Waals surface area contributed by atoms with Gasteiger partial charge < -0.3 is 19.7 Å². The number of carbonyl (C=O) groups is 2. The molecular formula is C25H33N3O6S. The first-order valence-corrected chi connectivity index (χ1v) is 13.5. The summed E-state index contributed by atoms with van der Waals surface area (Å²) in [6.07, 6.45) is 2.19. The highest BCUT2D eigenvalue weighted by atomic mass is 32.2. The minimum absolute atomic E-state index is 0.0475. The third-order valence-electron chi connectivity index (χ3n) is 5.69. The predicted octanol–water partition coefficient (Wildman–Crippen LogP) is 2.82. The molecule has 9 nitrogen and oxygen atoms in total. The summed E-state index contributed by atoms with van der Waals surface area (Å²) in [5.41, 5.74) is 2.16. The number of hydrogen-bond acceptors (Lipinski definition) is 6. The summed E-state index contributed by atoms with van der Waals surface area (Å²) in [4.78, 5) is 28.1. The standard InChI is InChI=1S/C25H33N3O6S/c1-5-12-26-25(30)21(6-2)27(15-19-9-7-8-18(3)13-19)24(29)16-28(35(4,31)32)20-10-11-22-23(14-20)34-17-33-22/h7-11,13-14,21H,5-6,12,15-17H2,1-4H3,(H,26,30). The Kier molecular flexibility index (Phi) is 8.61. The van der Waals surface area contributed by atoms with E-state index < -0.39 is 28.5 Å². The Bertz CT molecular complexity index is 1170. The van der Waals surface area contributed by atoms with Gasteiger partial charge in [-0.3, -0.25) is 13.9 Å². The number of fused-ring (bicyclic) bond motifs is 1. The highest BCUT2D eigenvalue weighted by molar-refractivity contribution is 7.92. The van der Waals surface area contributed by atoms with Crippen LogP contribution in [0.4, 0.5) is 5.69 Å². The number of aryl methyl sites for hydroxylation is 1. The molecule has 0 saturated heterocycles. The van der Waals surface area contributed by atoms with E-state index in [0.717, 1.165) is 28.1 Å². The Balaban J connectivity index is 1.93. The van der Waals surface area contributed by atoms with Crippen molar-refractivity contribution in [3.8, 4) is 11.5 Å². The van der Waals surface area contributed by atoms with Crippen LogP contribution in [0.2, 0.25) is 0 Å². The lowest BCUT2D eigenvalue weighted by Gasteiger charge is -2.33. The zero-order valence-electron chi connectivity index (χ0n) is 20.6. The maximum Gasteiger partial charge on any atom is 0.244 e. The van der Waals surface area contributed by atoms with E-state index in [1.807, 2.05) is 45.0 Å². The molecule has 2 aromatic rings. The maximum atomic E-state index is 13.7. The molecule has 2 amide bonds. The molecule has 1 N–H and O–H groups in total. The van der Waals surface area contributed by atoms with Crippen molar-refractivity contribution < 1.29 is 27.5 Å². The molecule has 0 bridgehead atoms. The normalized spacial score (nSPS) is 13.3. The first-order chi connectivity index (χ1) is 16.6. The Labute approximate surface area is 207 Å². The van der Waals surface area contributed by atoms with Gasteiger partial charge in [0.2, 0.25) is 28.6 Å². The second kappa shape index (κ2) is 11.4. The summed E-state index contributed by atoms with van der Waals surface area (Å²) < 4.78 is 37.1. The van der Waals surface area contributed by atoms with Crippen LogP contribution in [-0.4, -0.2) is 57.3 Å². The van der Waals surface area contributed by atoms with Crippen LogP contribution >= 0.6 is 0 Å². The molecule has 0 aromatic heterocycles. The highest BCUT2D eigenvalue weighted by Crippen LogP contribution is 2.36. The zero-order valence-corrected chi connectivity index (χ0v) is 21.4. The lowest BCUT2D eigenvalue weighted by Crippen LogP contribution is -2.52. The van der Waals surface area contributed by atoms with Crippen LogP contribution in [0.5, 0.6) is 11.5 Å². The minimum Gasteiger partial charge on any atom is -0.454 e. The van der Waals surface area contributed by atoms with Gasteiger partial charge >= 0.3 is 0 Å². The van der Waals surface area contributed by atoms with E-state index in [-0.39, 0.29) is 24.9 Å². The molecule has 1 heterocycles. The fraction of sp³-hybridized carbons (Fsp3) is 0.440.